The molecule has 0 atom stereocenters. The van der Waals surface area contributed by atoms with Gasteiger partial charge in [0.25, 0.3) is 0 Å². The Morgan fingerprint density at radius 3 is 2.67 bits per heavy atom. The van der Waals surface area contributed by atoms with Crippen molar-refractivity contribution in [2.45, 2.75) is 19.8 Å². The average Bonchev–Trinajstić information content (AvgIpc) is 2.28. The Balaban J connectivity index is 2.18. The quantitative estimate of drug-likeness (QED) is 0.808. The van der Waals surface area contributed by atoms with Gasteiger partial charge in [0.2, 0.25) is 0 Å². The van der Waals surface area contributed by atoms with Gasteiger partial charge in [0.15, 0.2) is 0 Å². The third-order valence-corrected chi connectivity index (χ3v) is 3.49. The van der Waals surface area contributed by atoms with Crippen molar-refractivity contribution in [3.05, 3.63) is 10.6 Å². The molecule has 4 heteroatoms. The van der Waals surface area contributed by atoms with E-state index in [4.69, 9.17) is 23.2 Å². The van der Waals surface area contributed by atoms with Gasteiger partial charge in [-0.1, -0.05) is 30.1 Å². The predicted octanol–water partition coefficient (Wildman–Crippen LogP) is 2.63. The fourth-order valence-electron chi connectivity index (χ4n) is 1.95. The summed E-state index contributed by atoms with van der Waals surface area (Å²) in [6.45, 7) is 7.46. The van der Waals surface area contributed by atoms with E-state index >= 15 is 0 Å². The molecule has 1 saturated heterocycles. The number of nitrogens with zero attached hydrogens (tertiary/aromatic N) is 1. The number of hydrogen-bond acceptors (Lipinski definition) is 2. The van der Waals surface area contributed by atoms with E-state index in [0.29, 0.717) is 0 Å². The van der Waals surface area contributed by atoms with E-state index < -0.39 is 0 Å². The van der Waals surface area contributed by atoms with Crippen molar-refractivity contribution in [1.82, 2.24) is 10.2 Å². The SMILES string of the molecule is CCNCC1CCN(CC(Cl)=CCl)CC1. The van der Waals surface area contributed by atoms with E-state index in [1.54, 1.807) is 0 Å². The first-order valence-electron chi connectivity index (χ1n) is 5.64. The second-order valence-corrected chi connectivity index (χ2v) is 4.79. The highest BCUT2D eigenvalue weighted by Gasteiger charge is 2.18. The van der Waals surface area contributed by atoms with Crippen molar-refractivity contribution in [2.75, 3.05) is 32.7 Å². The van der Waals surface area contributed by atoms with Crippen molar-refractivity contribution in [2.24, 2.45) is 5.92 Å². The van der Waals surface area contributed by atoms with Crippen LogP contribution in [0.1, 0.15) is 19.8 Å². The summed E-state index contributed by atoms with van der Waals surface area (Å²) in [5.74, 6) is 0.833. The molecule has 15 heavy (non-hydrogen) atoms. The Morgan fingerprint density at radius 1 is 1.47 bits per heavy atom. The lowest BCUT2D eigenvalue weighted by Crippen LogP contribution is -2.37. The predicted molar refractivity (Wildman–Crippen MR) is 67.5 cm³/mol. The molecule has 0 saturated carbocycles. The molecule has 0 spiro atoms. The first kappa shape index (κ1) is 13.3. The van der Waals surface area contributed by atoms with Crippen LogP contribution in [0.15, 0.2) is 10.6 Å². The summed E-state index contributed by atoms with van der Waals surface area (Å²) in [5, 5.41) is 4.15. The Hall–Kier alpha value is 0.240. The number of halogens is 2. The topological polar surface area (TPSA) is 15.3 Å². The summed E-state index contributed by atoms with van der Waals surface area (Å²) >= 11 is 11.4. The number of nitrogens with one attached hydrogen (secondary N) is 1. The van der Waals surface area contributed by atoms with Crippen LogP contribution in [0.2, 0.25) is 0 Å². The first-order valence-corrected chi connectivity index (χ1v) is 6.45. The smallest absolute Gasteiger partial charge is 0.0434 e. The molecule has 2 nitrogen and oxygen atoms in total. The van der Waals surface area contributed by atoms with Crippen LogP contribution in [0, 0.1) is 5.92 Å². The zero-order valence-corrected chi connectivity index (χ0v) is 10.8. The highest BCUT2D eigenvalue weighted by atomic mass is 35.5. The molecule has 1 rings (SSSR count). The van der Waals surface area contributed by atoms with Gasteiger partial charge in [-0.2, -0.15) is 0 Å². The van der Waals surface area contributed by atoms with Gasteiger partial charge in [0.1, 0.15) is 0 Å². The first-order chi connectivity index (χ1) is 7.26. The summed E-state index contributed by atoms with van der Waals surface area (Å²) < 4.78 is 0. The summed E-state index contributed by atoms with van der Waals surface area (Å²) in [6.07, 6.45) is 2.53. The monoisotopic (exact) mass is 250 g/mol. The minimum Gasteiger partial charge on any atom is -0.317 e. The minimum atomic E-state index is 0.738. The Labute approximate surface area is 103 Å². The molecule has 0 amide bonds. The van der Waals surface area contributed by atoms with Crippen LogP contribution in [0.3, 0.4) is 0 Å². The molecular formula is C11H20Cl2N2. The summed E-state index contributed by atoms with van der Waals surface area (Å²) in [7, 11) is 0. The molecule has 1 aliphatic rings. The third-order valence-electron chi connectivity index (χ3n) is 2.88. The Bertz CT molecular complexity index is 199. The molecule has 0 aromatic carbocycles. The van der Waals surface area contributed by atoms with Crippen LogP contribution in [0.4, 0.5) is 0 Å². The molecule has 0 radical (unpaired) electrons. The highest BCUT2D eigenvalue weighted by molar-refractivity contribution is 6.36. The minimum absolute atomic E-state index is 0.738. The molecule has 88 valence electrons. The van der Waals surface area contributed by atoms with E-state index in [0.717, 1.165) is 43.7 Å². The number of likely N-dealkylation sites (tertiary alicyclic amines) is 1. The van der Waals surface area contributed by atoms with Gasteiger partial charge in [-0.25, -0.2) is 0 Å². The highest BCUT2D eigenvalue weighted by Crippen LogP contribution is 2.18. The summed E-state index contributed by atoms with van der Waals surface area (Å²) in [5.41, 5.74) is 1.46. The van der Waals surface area contributed by atoms with E-state index in [9.17, 15) is 0 Å². The molecular weight excluding hydrogens is 231 g/mol. The fraction of sp³-hybridized carbons (Fsp3) is 0.818. The largest absolute Gasteiger partial charge is 0.317 e. The van der Waals surface area contributed by atoms with Crippen molar-refractivity contribution >= 4 is 23.2 Å². The van der Waals surface area contributed by atoms with Gasteiger partial charge in [-0.05, 0) is 44.9 Å². The van der Waals surface area contributed by atoms with Gasteiger partial charge < -0.3 is 5.32 Å². The summed E-state index contributed by atoms with van der Waals surface area (Å²) in [4.78, 5) is 2.36. The van der Waals surface area contributed by atoms with Crippen LogP contribution in [0.5, 0.6) is 0 Å². The van der Waals surface area contributed by atoms with E-state index in [1.807, 2.05) is 0 Å². The Morgan fingerprint density at radius 2 is 2.13 bits per heavy atom. The van der Waals surface area contributed by atoms with Crippen molar-refractivity contribution in [3.8, 4) is 0 Å². The summed E-state index contributed by atoms with van der Waals surface area (Å²) in [6, 6.07) is 0. The van der Waals surface area contributed by atoms with Crippen LogP contribution in [0.25, 0.3) is 0 Å². The number of piperidine rings is 1. The normalized spacial score (nSPS) is 20.9. The van der Waals surface area contributed by atoms with Gasteiger partial charge >= 0.3 is 0 Å². The number of rotatable bonds is 5. The Kier molecular flexibility index (Phi) is 6.66. The van der Waals surface area contributed by atoms with E-state index in [1.165, 1.54) is 18.4 Å². The van der Waals surface area contributed by atoms with Crippen molar-refractivity contribution in [1.29, 1.82) is 0 Å². The second-order valence-electron chi connectivity index (χ2n) is 4.08. The third kappa shape index (κ3) is 5.21. The lowest BCUT2D eigenvalue weighted by Gasteiger charge is -2.31. The number of hydrogen-bond donors (Lipinski definition) is 1. The van der Waals surface area contributed by atoms with Gasteiger partial charge in [0, 0.05) is 17.1 Å². The van der Waals surface area contributed by atoms with Crippen molar-refractivity contribution in [3.63, 3.8) is 0 Å². The molecule has 0 aromatic rings. The van der Waals surface area contributed by atoms with E-state index in [2.05, 4.69) is 17.1 Å². The molecule has 0 unspecified atom stereocenters. The zero-order chi connectivity index (χ0) is 11.1. The van der Waals surface area contributed by atoms with Crippen LogP contribution in [-0.4, -0.2) is 37.6 Å². The fourth-order valence-corrected chi connectivity index (χ4v) is 2.18. The molecule has 1 fully saturated rings. The lowest BCUT2D eigenvalue weighted by molar-refractivity contribution is 0.197. The molecule has 0 aromatic heterocycles. The molecule has 1 heterocycles. The van der Waals surface area contributed by atoms with E-state index in [-0.39, 0.29) is 0 Å². The zero-order valence-electron chi connectivity index (χ0n) is 9.31. The van der Waals surface area contributed by atoms with Crippen LogP contribution in [-0.2, 0) is 0 Å². The van der Waals surface area contributed by atoms with Crippen molar-refractivity contribution < 1.29 is 0 Å². The molecule has 1 N–H and O–H groups in total. The standard InChI is InChI=1S/C11H20Cl2N2/c1-2-14-8-10-3-5-15(6-4-10)9-11(13)7-12/h7,10,14H,2-6,8-9H2,1H3. The molecule has 0 bridgehead atoms. The maximum absolute atomic E-state index is 5.89. The van der Waals surface area contributed by atoms with Gasteiger partial charge in [-0.15, -0.1) is 0 Å². The average molecular weight is 251 g/mol. The molecule has 0 aliphatic carbocycles. The van der Waals surface area contributed by atoms with Crippen LogP contribution < -0.4 is 5.32 Å². The van der Waals surface area contributed by atoms with Gasteiger partial charge in [0.05, 0.1) is 0 Å². The maximum Gasteiger partial charge on any atom is 0.0434 e. The molecule has 1 aliphatic heterocycles. The van der Waals surface area contributed by atoms with Crippen LogP contribution >= 0.6 is 23.2 Å². The maximum atomic E-state index is 5.89. The van der Waals surface area contributed by atoms with Gasteiger partial charge in [-0.3, -0.25) is 4.90 Å². The second kappa shape index (κ2) is 7.50. The lowest BCUT2D eigenvalue weighted by atomic mass is 9.97.